The first-order valence-corrected chi connectivity index (χ1v) is 5.65. The van der Waals surface area contributed by atoms with E-state index in [1.807, 2.05) is 12.1 Å². The van der Waals surface area contributed by atoms with Gasteiger partial charge >= 0.3 is 0 Å². The van der Waals surface area contributed by atoms with Gasteiger partial charge in [0.05, 0.1) is 11.4 Å². The second kappa shape index (κ2) is 5.06. The van der Waals surface area contributed by atoms with E-state index in [2.05, 4.69) is 38.8 Å². The molecule has 1 aromatic carbocycles. The zero-order valence-electron chi connectivity index (χ0n) is 10.2. The lowest BCUT2D eigenvalue weighted by atomic mass is 10.1. The molecule has 0 aromatic heterocycles. The molecule has 2 heteroatoms. The summed E-state index contributed by atoms with van der Waals surface area (Å²) in [5.41, 5.74) is 9.32. The van der Waals surface area contributed by atoms with Crippen LogP contribution in [0.1, 0.15) is 32.3 Å². The Morgan fingerprint density at radius 1 is 1.40 bits per heavy atom. The Balaban J connectivity index is 2.94. The number of para-hydroxylation sites is 1. The van der Waals surface area contributed by atoms with Crippen LogP contribution in [-0.4, -0.2) is 13.1 Å². The molecule has 0 aliphatic rings. The van der Waals surface area contributed by atoms with Crippen molar-refractivity contribution in [2.45, 2.75) is 39.7 Å². The van der Waals surface area contributed by atoms with Crippen LogP contribution in [0.25, 0.3) is 0 Å². The topological polar surface area (TPSA) is 29.3 Å². The van der Waals surface area contributed by atoms with Crippen molar-refractivity contribution in [1.82, 2.24) is 0 Å². The first-order valence-electron chi connectivity index (χ1n) is 5.65. The third-order valence-electron chi connectivity index (χ3n) is 2.99. The van der Waals surface area contributed by atoms with Gasteiger partial charge in [-0.25, -0.2) is 0 Å². The van der Waals surface area contributed by atoms with Crippen LogP contribution in [0.15, 0.2) is 18.2 Å². The fourth-order valence-corrected chi connectivity index (χ4v) is 2.00. The number of aryl methyl sites for hydroxylation is 1. The average molecular weight is 206 g/mol. The molecular weight excluding hydrogens is 184 g/mol. The van der Waals surface area contributed by atoms with Gasteiger partial charge in [0.25, 0.3) is 0 Å². The van der Waals surface area contributed by atoms with Crippen molar-refractivity contribution < 1.29 is 0 Å². The Morgan fingerprint density at radius 3 is 2.60 bits per heavy atom. The highest BCUT2D eigenvalue weighted by atomic mass is 15.1. The van der Waals surface area contributed by atoms with Gasteiger partial charge in [-0.2, -0.15) is 0 Å². The Hall–Kier alpha value is -1.18. The van der Waals surface area contributed by atoms with E-state index >= 15 is 0 Å². The molecule has 0 saturated carbocycles. The molecular formula is C13H22N2. The van der Waals surface area contributed by atoms with Crippen LogP contribution >= 0.6 is 0 Å². The summed E-state index contributed by atoms with van der Waals surface area (Å²) in [7, 11) is 2.12. The van der Waals surface area contributed by atoms with Gasteiger partial charge in [-0.15, -0.1) is 0 Å². The van der Waals surface area contributed by atoms with Gasteiger partial charge in [0.2, 0.25) is 0 Å². The monoisotopic (exact) mass is 206 g/mol. The van der Waals surface area contributed by atoms with Gasteiger partial charge in [0.1, 0.15) is 0 Å². The fourth-order valence-electron chi connectivity index (χ4n) is 2.00. The van der Waals surface area contributed by atoms with E-state index < -0.39 is 0 Å². The van der Waals surface area contributed by atoms with E-state index in [-0.39, 0.29) is 0 Å². The maximum absolute atomic E-state index is 6.01. The van der Waals surface area contributed by atoms with E-state index in [0.717, 1.165) is 5.69 Å². The maximum Gasteiger partial charge on any atom is 0.0629 e. The van der Waals surface area contributed by atoms with Gasteiger partial charge in [0.15, 0.2) is 0 Å². The molecule has 1 aromatic rings. The quantitative estimate of drug-likeness (QED) is 0.766. The predicted molar refractivity (Wildman–Crippen MR) is 68.4 cm³/mol. The SMILES string of the molecule is CCCC(C)N(C)c1c(C)cccc1N. The number of anilines is 2. The second-order valence-electron chi connectivity index (χ2n) is 4.26. The highest BCUT2D eigenvalue weighted by molar-refractivity contribution is 5.71. The zero-order valence-corrected chi connectivity index (χ0v) is 10.2. The van der Waals surface area contributed by atoms with E-state index in [1.165, 1.54) is 24.1 Å². The summed E-state index contributed by atoms with van der Waals surface area (Å²) in [4.78, 5) is 2.29. The van der Waals surface area contributed by atoms with Crippen LogP contribution in [0.5, 0.6) is 0 Å². The summed E-state index contributed by atoms with van der Waals surface area (Å²) in [5.74, 6) is 0. The summed E-state index contributed by atoms with van der Waals surface area (Å²) in [6.45, 7) is 6.57. The maximum atomic E-state index is 6.01. The van der Waals surface area contributed by atoms with Crippen molar-refractivity contribution in [3.05, 3.63) is 23.8 Å². The standard InChI is InChI=1S/C13H22N2/c1-5-7-11(3)15(4)13-10(2)8-6-9-12(13)14/h6,8-9,11H,5,7,14H2,1-4H3. The number of nitrogens with two attached hydrogens (primary N) is 1. The number of benzene rings is 1. The van der Waals surface area contributed by atoms with E-state index in [9.17, 15) is 0 Å². The zero-order chi connectivity index (χ0) is 11.4. The van der Waals surface area contributed by atoms with Gasteiger partial charge in [-0.1, -0.05) is 25.5 Å². The van der Waals surface area contributed by atoms with Crippen molar-refractivity contribution in [2.75, 3.05) is 17.7 Å². The van der Waals surface area contributed by atoms with Gasteiger partial charge in [-0.3, -0.25) is 0 Å². The molecule has 1 atom stereocenters. The molecule has 2 nitrogen and oxygen atoms in total. The first kappa shape index (κ1) is 11.9. The summed E-state index contributed by atoms with van der Waals surface area (Å²) < 4.78 is 0. The Morgan fingerprint density at radius 2 is 2.07 bits per heavy atom. The Bertz CT molecular complexity index is 300. The first-order chi connectivity index (χ1) is 7.07. The molecule has 0 spiro atoms. The van der Waals surface area contributed by atoms with Crippen LogP contribution in [0.2, 0.25) is 0 Å². The lowest BCUT2D eigenvalue weighted by Crippen LogP contribution is -2.29. The van der Waals surface area contributed by atoms with Crippen LogP contribution in [-0.2, 0) is 0 Å². The Kier molecular flexibility index (Phi) is 4.01. The molecule has 2 N–H and O–H groups in total. The minimum atomic E-state index is 0.540. The Labute approximate surface area is 93.1 Å². The van der Waals surface area contributed by atoms with Crippen molar-refractivity contribution in [3.8, 4) is 0 Å². The highest BCUT2D eigenvalue weighted by Gasteiger charge is 2.13. The summed E-state index contributed by atoms with van der Waals surface area (Å²) in [6.07, 6.45) is 2.40. The lowest BCUT2D eigenvalue weighted by Gasteiger charge is -2.29. The molecule has 0 fully saturated rings. The molecule has 0 saturated heterocycles. The van der Waals surface area contributed by atoms with Gasteiger partial charge in [-0.05, 0) is 31.9 Å². The molecule has 15 heavy (non-hydrogen) atoms. The summed E-state index contributed by atoms with van der Waals surface area (Å²) in [6, 6.07) is 6.63. The largest absolute Gasteiger partial charge is 0.397 e. The average Bonchev–Trinajstić information content (AvgIpc) is 2.17. The number of rotatable bonds is 4. The molecule has 1 unspecified atom stereocenters. The smallest absolute Gasteiger partial charge is 0.0629 e. The lowest BCUT2D eigenvalue weighted by molar-refractivity contribution is 0.616. The van der Waals surface area contributed by atoms with Crippen molar-refractivity contribution in [3.63, 3.8) is 0 Å². The summed E-state index contributed by atoms with van der Waals surface area (Å²) >= 11 is 0. The molecule has 0 amide bonds. The second-order valence-corrected chi connectivity index (χ2v) is 4.26. The van der Waals surface area contributed by atoms with Crippen LogP contribution < -0.4 is 10.6 Å². The highest BCUT2D eigenvalue weighted by Crippen LogP contribution is 2.28. The van der Waals surface area contributed by atoms with Crippen molar-refractivity contribution in [2.24, 2.45) is 0 Å². The van der Waals surface area contributed by atoms with Gasteiger partial charge < -0.3 is 10.6 Å². The van der Waals surface area contributed by atoms with E-state index in [1.54, 1.807) is 0 Å². The molecule has 0 radical (unpaired) electrons. The summed E-state index contributed by atoms with van der Waals surface area (Å²) in [5, 5.41) is 0. The fraction of sp³-hybridized carbons (Fsp3) is 0.538. The van der Waals surface area contributed by atoms with Crippen molar-refractivity contribution >= 4 is 11.4 Å². The normalized spacial score (nSPS) is 12.5. The molecule has 0 aliphatic heterocycles. The van der Waals surface area contributed by atoms with Crippen LogP contribution in [0, 0.1) is 6.92 Å². The molecule has 0 bridgehead atoms. The molecule has 84 valence electrons. The number of hydrogen-bond donors (Lipinski definition) is 1. The third kappa shape index (κ3) is 2.65. The third-order valence-corrected chi connectivity index (χ3v) is 2.99. The van der Waals surface area contributed by atoms with Crippen LogP contribution in [0.3, 0.4) is 0 Å². The molecule has 1 rings (SSSR count). The van der Waals surface area contributed by atoms with Gasteiger partial charge in [0, 0.05) is 13.1 Å². The van der Waals surface area contributed by atoms with Crippen molar-refractivity contribution in [1.29, 1.82) is 0 Å². The van der Waals surface area contributed by atoms with E-state index in [4.69, 9.17) is 5.73 Å². The van der Waals surface area contributed by atoms with Crippen LogP contribution in [0.4, 0.5) is 11.4 Å². The number of hydrogen-bond acceptors (Lipinski definition) is 2. The number of nitrogens with zero attached hydrogens (tertiary/aromatic N) is 1. The number of nitrogen functional groups attached to an aromatic ring is 1. The molecule has 0 heterocycles. The predicted octanol–water partition coefficient (Wildman–Crippen LogP) is 3.20. The van der Waals surface area contributed by atoms with E-state index in [0.29, 0.717) is 6.04 Å². The minimum absolute atomic E-state index is 0.540. The molecule has 0 aliphatic carbocycles. The minimum Gasteiger partial charge on any atom is -0.397 e.